The molecule has 1 unspecified atom stereocenters. The normalized spacial score (nSPS) is 11.7. The molecule has 2 aromatic rings. The third kappa shape index (κ3) is 3.75. The Morgan fingerprint density at radius 2 is 1.81 bits per heavy atom. The van der Waals surface area contributed by atoms with Crippen molar-refractivity contribution in [2.75, 3.05) is 13.7 Å². The SMILES string of the molecule is COc1ccc(C(COc2ccccc2C)C(=O)O)cc1. The van der Waals surface area contributed by atoms with E-state index in [0.717, 1.165) is 5.56 Å². The van der Waals surface area contributed by atoms with E-state index in [1.165, 1.54) is 0 Å². The molecule has 2 aromatic carbocycles. The fraction of sp³-hybridized carbons (Fsp3) is 0.235. The first-order valence-electron chi connectivity index (χ1n) is 6.67. The van der Waals surface area contributed by atoms with Crippen molar-refractivity contribution in [1.29, 1.82) is 0 Å². The number of aryl methyl sites for hydroxylation is 1. The predicted octanol–water partition coefficient (Wildman–Crippen LogP) is 3.25. The van der Waals surface area contributed by atoms with Crippen LogP contribution in [-0.2, 0) is 4.79 Å². The van der Waals surface area contributed by atoms with Crippen molar-refractivity contribution in [2.24, 2.45) is 0 Å². The van der Waals surface area contributed by atoms with Crippen molar-refractivity contribution in [3.05, 3.63) is 59.7 Å². The maximum atomic E-state index is 11.4. The number of ether oxygens (including phenoxy) is 2. The quantitative estimate of drug-likeness (QED) is 0.885. The van der Waals surface area contributed by atoms with Crippen LogP contribution in [0.15, 0.2) is 48.5 Å². The maximum absolute atomic E-state index is 11.4. The van der Waals surface area contributed by atoms with E-state index in [2.05, 4.69) is 0 Å². The second-order valence-corrected chi connectivity index (χ2v) is 4.74. The van der Waals surface area contributed by atoms with E-state index < -0.39 is 11.9 Å². The number of methoxy groups -OCH3 is 1. The summed E-state index contributed by atoms with van der Waals surface area (Å²) in [4.78, 5) is 11.4. The van der Waals surface area contributed by atoms with Crippen LogP contribution in [0.5, 0.6) is 11.5 Å². The van der Waals surface area contributed by atoms with E-state index in [9.17, 15) is 9.90 Å². The first-order chi connectivity index (χ1) is 10.1. The van der Waals surface area contributed by atoms with Crippen LogP contribution in [-0.4, -0.2) is 24.8 Å². The van der Waals surface area contributed by atoms with Gasteiger partial charge in [0, 0.05) is 0 Å². The highest BCUT2D eigenvalue weighted by Crippen LogP contribution is 2.23. The number of hydrogen-bond donors (Lipinski definition) is 1. The minimum absolute atomic E-state index is 0.0898. The standard InChI is InChI=1S/C17H18O4/c1-12-5-3-4-6-16(12)21-11-15(17(18)19)13-7-9-14(20-2)10-8-13/h3-10,15H,11H2,1-2H3,(H,18,19). The number of para-hydroxylation sites is 1. The summed E-state index contributed by atoms with van der Waals surface area (Å²) in [5, 5.41) is 9.39. The fourth-order valence-corrected chi connectivity index (χ4v) is 2.04. The van der Waals surface area contributed by atoms with Crippen LogP contribution in [0.1, 0.15) is 17.0 Å². The molecule has 0 spiro atoms. The number of rotatable bonds is 6. The lowest BCUT2D eigenvalue weighted by molar-refractivity contribution is -0.139. The highest BCUT2D eigenvalue weighted by molar-refractivity contribution is 5.76. The van der Waals surface area contributed by atoms with E-state index >= 15 is 0 Å². The lowest BCUT2D eigenvalue weighted by atomic mass is 10.00. The molecule has 0 aromatic heterocycles. The van der Waals surface area contributed by atoms with Gasteiger partial charge in [-0.2, -0.15) is 0 Å². The van der Waals surface area contributed by atoms with E-state index in [1.54, 1.807) is 31.4 Å². The van der Waals surface area contributed by atoms with Crippen LogP contribution in [0.4, 0.5) is 0 Å². The summed E-state index contributed by atoms with van der Waals surface area (Å²) in [6, 6.07) is 14.5. The molecule has 0 amide bonds. The summed E-state index contributed by atoms with van der Waals surface area (Å²) in [5.41, 5.74) is 1.67. The number of carboxylic acid groups (broad SMARTS) is 1. The molecule has 0 saturated heterocycles. The van der Waals surface area contributed by atoms with Crippen LogP contribution in [0.2, 0.25) is 0 Å². The summed E-state index contributed by atoms with van der Waals surface area (Å²) >= 11 is 0. The minimum atomic E-state index is -0.909. The molecule has 0 bridgehead atoms. The first-order valence-corrected chi connectivity index (χ1v) is 6.67. The van der Waals surface area contributed by atoms with Gasteiger partial charge in [-0.05, 0) is 36.2 Å². The summed E-state index contributed by atoms with van der Waals surface area (Å²) in [6.07, 6.45) is 0. The minimum Gasteiger partial charge on any atom is -0.497 e. The lowest BCUT2D eigenvalue weighted by Crippen LogP contribution is -2.19. The zero-order valence-electron chi connectivity index (χ0n) is 12.1. The Bertz CT molecular complexity index is 604. The molecule has 0 saturated carbocycles. The number of carbonyl (C=O) groups is 1. The molecule has 110 valence electrons. The smallest absolute Gasteiger partial charge is 0.314 e. The Labute approximate surface area is 123 Å². The summed E-state index contributed by atoms with van der Waals surface area (Å²) in [5.74, 6) is -0.218. The molecule has 1 N–H and O–H groups in total. The second-order valence-electron chi connectivity index (χ2n) is 4.74. The molecule has 0 aliphatic heterocycles. The molecule has 4 heteroatoms. The molecular formula is C17H18O4. The van der Waals surface area contributed by atoms with Gasteiger partial charge in [0.15, 0.2) is 0 Å². The van der Waals surface area contributed by atoms with Crippen molar-refractivity contribution in [1.82, 2.24) is 0 Å². The van der Waals surface area contributed by atoms with Crippen molar-refractivity contribution in [3.8, 4) is 11.5 Å². The number of benzene rings is 2. The Morgan fingerprint density at radius 1 is 1.14 bits per heavy atom. The van der Waals surface area contributed by atoms with E-state index in [-0.39, 0.29) is 6.61 Å². The maximum Gasteiger partial charge on any atom is 0.314 e. The monoisotopic (exact) mass is 286 g/mol. The van der Waals surface area contributed by atoms with Crippen LogP contribution < -0.4 is 9.47 Å². The zero-order valence-corrected chi connectivity index (χ0v) is 12.1. The van der Waals surface area contributed by atoms with Crippen LogP contribution in [0.3, 0.4) is 0 Å². The molecule has 4 nitrogen and oxygen atoms in total. The molecule has 2 rings (SSSR count). The fourth-order valence-electron chi connectivity index (χ4n) is 2.04. The largest absolute Gasteiger partial charge is 0.497 e. The summed E-state index contributed by atoms with van der Waals surface area (Å²) in [7, 11) is 1.57. The van der Waals surface area contributed by atoms with Crippen LogP contribution >= 0.6 is 0 Å². The Kier molecular flexibility index (Phi) is 4.82. The molecule has 1 atom stereocenters. The second kappa shape index (κ2) is 6.79. The van der Waals surface area contributed by atoms with Gasteiger partial charge in [-0.15, -0.1) is 0 Å². The Morgan fingerprint density at radius 3 is 2.38 bits per heavy atom. The molecule has 0 aliphatic rings. The zero-order chi connectivity index (χ0) is 15.2. The van der Waals surface area contributed by atoms with Crippen molar-refractivity contribution >= 4 is 5.97 Å². The van der Waals surface area contributed by atoms with Gasteiger partial charge in [0.2, 0.25) is 0 Å². The first kappa shape index (κ1) is 14.9. The Balaban J connectivity index is 2.12. The average Bonchev–Trinajstić information content (AvgIpc) is 2.49. The molecule has 0 fully saturated rings. The van der Waals surface area contributed by atoms with E-state index in [4.69, 9.17) is 9.47 Å². The third-order valence-corrected chi connectivity index (χ3v) is 3.32. The summed E-state index contributed by atoms with van der Waals surface area (Å²) < 4.78 is 10.7. The third-order valence-electron chi connectivity index (χ3n) is 3.32. The van der Waals surface area contributed by atoms with Gasteiger partial charge < -0.3 is 14.6 Å². The molecule has 0 aliphatic carbocycles. The average molecular weight is 286 g/mol. The number of aliphatic carboxylic acids is 1. The van der Waals surface area contributed by atoms with Gasteiger partial charge in [-0.1, -0.05) is 30.3 Å². The van der Waals surface area contributed by atoms with Gasteiger partial charge in [-0.25, -0.2) is 0 Å². The van der Waals surface area contributed by atoms with Crippen LogP contribution in [0, 0.1) is 6.92 Å². The van der Waals surface area contributed by atoms with Crippen molar-refractivity contribution < 1.29 is 19.4 Å². The highest BCUT2D eigenvalue weighted by Gasteiger charge is 2.21. The summed E-state index contributed by atoms with van der Waals surface area (Å²) in [6.45, 7) is 2.02. The van der Waals surface area contributed by atoms with Crippen molar-refractivity contribution in [2.45, 2.75) is 12.8 Å². The van der Waals surface area contributed by atoms with E-state index in [0.29, 0.717) is 17.1 Å². The molecule has 0 radical (unpaired) electrons. The van der Waals surface area contributed by atoms with E-state index in [1.807, 2.05) is 31.2 Å². The van der Waals surface area contributed by atoms with Gasteiger partial charge in [0.1, 0.15) is 24.0 Å². The Hall–Kier alpha value is -2.49. The van der Waals surface area contributed by atoms with Gasteiger partial charge >= 0.3 is 5.97 Å². The highest BCUT2D eigenvalue weighted by atomic mass is 16.5. The lowest BCUT2D eigenvalue weighted by Gasteiger charge is -2.15. The number of carboxylic acids is 1. The topological polar surface area (TPSA) is 55.8 Å². The number of hydrogen-bond acceptors (Lipinski definition) is 3. The molecule has 21 heavy (non-hydrogen) atoms. The van der Waals surface area contributed by atoms with Crippen molar-refractivity contribution in [3.63, 3.8) is 0 Å². The van der Waals surface area contributed by atoms with Gasteiger partial charge in [0.05, 0.1) is 7.11 Å². The van der Waals surface area contributed by atoms with Gasteiger partial charge in [-0.3, -0.25) is 4.79 Å². The predicted molar refractivity (Wildman–Crippen MR) is 80.0 cm³/mol. The molecular weight excluding hydrogens is 268 g/mol. The van der Waals surface area contributed by atoms with Gasteiger partial charge in [0.25, 0.3) is 0 Å². The molecule has 0 heterocycles. The van der Waals surface area contributed by atoms with Crippen LogP contribution in [0.25, 0.3) is 0 Å².